The summed E-state index contributed by atoms with van der Waals surface area (Å²) in [5.74, 6) is 0.104. The minimum absolute atomic E-state index is 0.104. The van der Waals surface area contributed by atoms with E-state index in [0.29, 0.717) is 12.0 Å². The summed E-state index contributed by atoms with van der Waals surface area (Å²) in [5.41, 5.74) is 1.69. The van der Waals surface area contributed by atoms with Crippen molar-refractivity contribution in [1.29, 1.82) is 0 Å². The molecule has 0 bridgehead atoms. The fourth-order valence-electron chi connectivity index (χ4n) is 1.57. The van der Waals surface area contributed by atoms with Gasteiger partial charge in [0.2, 0.25) is 0 Å². The molecular weight excluding hydrogens is 280 g/mol. The van der Waals surface area contributed by atoms with Crippen molar-refractivity contribution in [1.82, 2.24) is 9.78 Å². The van der Waals surface area contributed by atoms with Gasteiger partial charge in [0.1, 0.15) is 0 Å². The molecule has 3 nitrogen and oxygen atoms in total. The third-order valence-electron chi connectivity index (χ3n) is 2.56. The second-order valence-electron chi connectivity index (χ2n) is 3.81. The monoisotopic (exact) mass is 292 g/mol. The number of ketones is 1. The minimum atomic E-state index is 0.104. The molecule has 0 amide bonds. The molecule has 0 aliphatic rings. The van der Waals surface area contributed by atoms with Crippen molar-refractivity contribution in [2.24, 2.45) is 0 Å². The van der Waals surface area contributed by atoms with E-state index in [1.165, 1.54) is 0 Å². The molecule has 0 radical (unpaired) electrons. The maximum atomic E-state index is 12.0. The van der Waals surface area contributed by atoms with E-state index in [2.05, 4.69) is 21.0 Å². The van der Waals surface area contributed by atoms with Gasteiger partial charge in [-0.05, 0) is 24.6 Å². The van der Waals surface area contributed by atoms with E-state index in [-0.39, 0.29) is 5.78 Å². The molecule has 0 atom stereocenters. The van der Waals surface area contributed by atoms with Gasteiger partial charge >= 0.3 is 0 Å². The zero-order valence-corrected chi connectivity index (χ0v) is 11.1. The van der Waals surface area contributed by atoms with E-state index < -0.39 is 0 Å². The number of carbonyl (C=O) groups excluding carboxylic acids is 1. The van der Waals surface area contributed by atoms with Gasteiger partial charge in [-0.1, -0.05) is 28.1 Å². The number of rotatable bonds is 4. The summed E-state index contributed by atoms with van der Waals surface area (Å²) in [4.78, 5) is 12.0. The van der Waals surface area contributed by atoms with Crippen molar-refractivity contribution < 1.29 is 4.79 Å². The Balaban J connectivity index is 2.08. The molecule has 2 rings (SSSR count). The Hall–Kier alpha value is -1.42. The lowest BCUT2D eigenvalue weighted by Crippen LogP contribution is -2.02. The Kier molecular flexibility index (Phi) is 3.74. The van der Waals surface area contributed by atoms with Crippen LogP contribution in [-0.2, 0) is 13.0 Å². The number of carbonyl (C=O) groups is 1. The second-order valence-corrected chi connectivity index (χ2v) is 4.73. The molecule has 0 unspecified atom stereocenters. The number of aryl methyl sites for hydroxylation is 1. The lowest BCUT2D eigenvalue weighted by molar-refractivity contribution is 0.0993. The van der Waals surface area contributed by atoms with Crippen molar-refractivity contribution in [3.8, 4) is 0 Å². The maximum absolute atomic E-state index is 12.0. The highest BCUT2D eigenvalue weighted by Gasteiger charge is 2.09. The Bertz CT molecular complexity index is 516. The molecular formula is C13H13BrN2O. The summed E-state index contributed by atoms with van der Waals surface area (Å²) < 4.78 is 2.78. The van der Waals surface area contributed by atoms with E-state index >= 15 is 0 Å². The smallest absolute Gasteiger partial charge is 0.170 e. The van der Waals surface area contributed by atoms with Gasteiger partial charge in [-0.25, -0.2) is 0 Å². The third kappa shape index (κ3) is 3.03. The predicted molar refractivity (Wildman–Crippen MR) is 70.1 cm³/mol. The lowest BCUT2D eigenvalue weighted by atomic mass is 10.1. The van der Waals surface area contributed by atoms with Gasteiger partial charge in [-0.2, -0.15) is 5.10 Å². The topological polar surface area (TPSA) is 34.9 Å². The zero-order chi connectivity index (χ0) is 12.3. The van der Waals surface area contributed by atoms with E-state index in [9.17, 15) is 4.79 Å². The van der Waals surface area contributed by atoms with E-state index in [1.54, 1.807) is 17.1 Å². The van der Waals surface area contributed by atoms with Gasteiger partial charge in [0.25, 0.3) is 0 Å². The molecule has 1 aromatic heterocycles. The van der Waals surface area contributed by atoms with Gasteiger partial charge in [-0.15, -0.1) is 0 Å². The van der Waals surface area contributed by atoms with Crippen LogP contribution in [0.1, 0.15) is 22.8 Å². The van der Waals surface area contributed by atoms with Gasteiger partial charge in [-0.3, -0.25) is 9.48 Å². The summed E-state index contributed by atoms with van der Waals surface area (Å²) in [6.07, 6.45) is 3.84. The highest BCUT2D eigenvalue weighted by molar-refractivity contribution is 9.10. The van der Waals surface area contributed by atoms with Gasteiger partial charge in [0.05, 0.1) is 11.8 Å². The Morgan fingerprint density at radius 3 is 2.65 bits per heavy atom. The summed E-state index contributed by atoms with van der Waals surface area (Å²) >= 11 is 3.37. The van der Waals surface area contributed by atoms with Crippen molar-refractivity contribution in [2.45, 2.75) is 19.9 Å². The van der Waals surface area contributed by atoms with Crippen LogP contribution in [0.2, 0.25) is 0 Å². The SMILES string of the molecule is CCn1cc(C(=O)Cc2ccc(Br)cc2)cn1. The first kappa shape index (κ1) is 12.0. The van der Waals surface area contributed by atoms with Gasteiger partial charge in [0, 0.05) is 23.6 Å². The van der Waals surface area contributed by atoms with Crippen LogP contribution in [0.4, 0.5) is 0 Å². The molecule has 0 saturated heterocycles. The number of halogens is 1. The lowest BCUT2D eigenvalue weighted by Gasteiger charge is -1.99. The summed E-state index contributed by atoms with van der Waals surface area (Å²) in [5, 5.41) is 4.10. The molecule has 0 fully saturated rings. The van der Waals surface area contributed by atoms with Crippen LogP contribution in [0.15, 0.2) is 41.1 Å². The normalized spacial score (nSPS) is 10.5. The fraction of sp³-hybridized carbons (Fsp3) is 0.231. The molecule has 0 N–H and O–H groups in total. The quantitative estimate of drug-likeness (QED) is 0.812. The first-order valence-electron chi connectivity index (χ1n) is 5.49. The molecule has 2 aromatic rings. The van der Waals surface area contributed by atoms with Crippen molar-refractivity contribution in [3.05, 3.63) is 52.3 Å². The number of aromatic nitrogens is 2. The molecule has 0 aliphatic heterocycles. The van der Waals surface area contributed by atoms with Crippen LogP contribution in [0, 0.1) is 0 Å². The Labute approximate surface area is 109 Å². The predicted octanol–water partition coefficient (Wildman–Crippen LogP) is 3.09. The standard InChI is InChI=1S/C13H13BrN2O/c1-2-16-9-11(8-15-16)13(17)7-10-3-5-12(14)6-4-10/h3-6,8-9H,2,7H2,1H3. The molecule has 4 heteroatoms. The first-order chi connectivity index (χ1) is 8.19. The molecule has 0 spiro atoms. The van der Waals surface area contributed by atoms with Crippen molar-refractivity contribution in [2.75, 3.05) is 0 Å². The molecule has 1 aromatic carbocycles. The Morgan fingerprint density at radius 2 is 2.06 bits per heavy atom. The number of benzene rings is 1. The summed E-state index contributed by atoms with van der Waals surface area (Å²) in [7, 11) is 0. The summed E-state index contributed by atoms with van der Waals surface area (Å²) in [6.45, 7) is 2.78. The first-order valence-corrected chi connectivity index (χ1v) is 6.28. The highest BCUT2D eigenvalue weighted by Crippen LogP contribution is 2.12. The largest absolute Gasteiger partial charge is 0.294 e. The van der Waals surface area contributed by atoms with Crippen LogP contribution in [-0.4, -0.2) is 15.6 Å². The highest BCUT2D eigenvalue weighted by atomic mass is 79.9. The molecule has 1 heterocycles. The third-order valence-corrected chi connectivity index (χ3v) is 3.09. The molecule has 17 heavy (non-hydrogen) atoms. The number of hydrogen-bond acceptors (Lipinski definition) is 2. The summed E-state index contributed by atoms with van der Waals surface area (Å²) in [6, 6.07) is 7.79. The average molecular weight is 293 g/mol. The molecule has 0 saturated carbocycles. The van der Waals surface area contributed by atoms with Crippen LogP contribution in [0.3, 0.4) is 0 Å². The minimum Gasteiger partial charge on any atom is -0.294 e. The number of nitrogens with zero attached hydrogens (tertiary/aromatic N) is 2. The van der Waals surface area contributed by atoms with Crippen molar-refractivity contribution >= 4 is 21.7 Å². The van der Waals surface area contributed by atoms with E-state index in [0.717, 1.165) is 16.6 Å². The number of Topliss-reactive ketones (excluding diaryl/α,β-unsaturated/α-hetero) is 1. The Morgan fingerprint density at radius 1 is 1.35 bits per heavy atom. The number of hydrogen-bond donors (Lipinski definition) is 0. The van der Waals surface area contributed by atoms with E-state index in [4.69, 9.17) is 0 Å². The second kappa shape index (κ2) is 5.27. The zero-order valence-electron chi connectivity index (χ0n) is 9.56. The maximum Gasteiger partial charge on any atom is 0.170 e. The van der Waals surface area contributed by atoms with Crippen molar-refractivity contribution in [3.63, 3.8) is 0 Å². The molecule has 0 aliphatic carbocycles. The van der Waals surface area contributed by atoms with Crippen LogP contribution < -0.4 is 0 Å². The van der Waals surface area contributed by atoms with Gasteiger partial charge < -0.3 is 0 Å². The van der Waals surface area contributed by atoms with Crippen LogP contribution in [0.5, 0.6) is 0 Å². The van der Waals surface area contributed by atoms with Crippen LogP contribution in [0.25, 0.3) is 0 Å². The average Bonchev–Trinajstić information content (AvgIpc) is 2.81. The molecule has 88 valence electrons. The van der Waals surface area contributed by atoms with Crippen LogP contribution >= 0.6 is 15.9 Å². The van der Waals surface area contributed by atoms with Gasteiger partial charge in [0.15, 0.2) is 5.78 Å². The van der Waals surface area contributed by atoms with E-state index in [1.807, 2.05) is 31.2 Å². The fourth-order valence-corrected chi connectivity index (χ4v) is 1.83.